The van der Waals surface area contributed by atoms with Crippen molar-refractivity contribution in [2.45, 2.75) is 31.7 Å². The van der Waals surface area contributed by atoms with Crippen LogP contribution in [0.5, 0.6) is 11.5 Å². The Morgan fingerprint density at radius 1 is 1.33 bits per heavy atom. The molecular formula is C19H26N2O6. The highest BCUT2D eigenvalue weighted by Gasteiger charge is 2.32. The summed E-state index contributed by atoms with van der Waals surface area (Å²) < 4.78 is 15.5. The minimum Gasteiger partial charge on any atom is -0.511 e. The first kappa shape index (κ1) is 20.4. The molecule has 148 valence electrons. The summed E-state index contributed by atoms with van der Waals surface area (Å²) in [6.45, 7) is 4.35. The van der Waals surface area contributed by atoms with Crippen molar-refractivity contribution in [3.8, 4) is 11.5 Å². The monoisotopic (exact) mass is 378 g/mol. The molecule has 1 atom stereocenters. The van der Waals surface area contributed by atoms with Gasteiger partial charge in [-0.15, -0.1) is 0 Å². The van der Waals surface area contributed by atoms with Crippen molar-refractivity contribution in [2.75, 3.05) is 33.1 Å². The third-order valence-electron chi connectivity index (χ3n) is 4.47. The number of likely N-dealkylation sites (tertiary alicyclic amines) is 1. The topological polar surface area (TPSA) is 111 Å². The molecule has 0 saturated carbocycles. The lowest BCUT2D eigenvalue weighted by Crippen LogP contribution is -2.36. The van der Waals surface area contributed by atoms with Crippen LogP contribution in [0.25, 0.3) is 0 Å². The van der Waals surface area contributed by atoms with E-state index in [2.05, 4.69) is 11.3 Å². The largest absolute Gasteiger partial charge is 0.511 e. The number of ether oxygens (including phenoxy) is 3. The smallest absolute Gasteiger partial charge is 0.305 e. The second-order valence-electron chi connectivity index (χ2n) is 6.27. The van der Waals surface area contributed by atoms with Gasteiger partial charge in [0, 0.05) is 24.7 Å². The van der Waals surface area contributed by atoms with E-state index >= 15 is 0 Å². The van der Waals surface area contributed by atoms with Crippen LogP contribution >= 0.6 is 0 Å². The third kappa shape index (κ3) is 4.84. The number of carbonyl (C=O) groups is 2. The van der Waals surface area contributed by atoms with Gasteiger partial charge < -0.3 is 30.0 Å². The summed E-state index contributed by atoms with van der Waals surface area (Å²) in [6.07, 6.45) is 2.17. The van der Waals surface area contributed by atoms with Gasteiger partial charge in [0.05, 0.1) is 32.4 Å². The van der Waals surface area contributed by atoms with Crippen LogP contribution in [0.1, 0.15) is 36.0 Å². The maximum absolute atomic E-state index is 12.9. The van der Waals surface area contributed by atoms with E-state index in [1.54, 1.807) is 4.90 Å². The van der Waals surface area contributed by atoms with Crippen molar-refractivity contribution in [3.63, 3.8) is 0 Å². The van der Waals surface area contributed by atoms with E-state index < -0.39 is 6.04 Å². The molecular weight excluding hydrogens is 352 g/mol. The second kappa shape index (κ2) is 9.16. The van der Waals surface area contributed by atoms with Gasteiger partial charge >= 0.3 is 5.97 Å². The van der Waals surface area contributed by atoms with E-state index in [0.29, 0.717) is 30.9 Å². The van der Waals surface area contributed by atoms with E-state index in [9.17, 15) is 14.7 Å². The lowest BCUT2D eigenvalue weighted by Gasteiger charge is -2.25. The number of hydrogen-bond donors (Lipinski definition) is 2. The Labute approximate surface area is 158 Å². The SMILES string of the molecule is C=C(O)[C@@H]1CCCN1C(=O)c1cc(OC)c(OCCCC(=O)OC)cc1N. The van der Waals surface area contributed by atoms with Gasteiger partial charge in [-0.25, -0.2) is 0 Å². The molecule has 1 aromatic carbocycles. The Balaban J connectivity index is 2.14. The van der Waals surface area contributed by atoms with Gasteiger partial charge in [-0.3, -0.25) is 9.59 Å². The molecule has 1 fully saturated rings. The van der Waals surface area contributed by atoms with Crippen LogP contribution in [0.3, 0.4) is 0 Å². The first-order chi connectivity index (χ1) is 12.9. The van der Waals surface area contributed by atoms with Crippen LogP contribution in [0, 0.1) is 0 Å². The highest BCUT2D eigenvalue weighted by molar-refractivity contribution is 6.00. The number of nitrogen functional groups attached to an aromatic ring is 1. The minimum absolute atomic E-state index is 0.0306. The van der Waals surface area contributed by atoms with E-state index in [-0.39, 0.29) is 41.9 Å². The maximum atomic E-state index is 12.9. The van der Waals surface area contributed by atoms with Crippen LogP contribution in [0.4, 0.5) is 5.69 Å². The third-order valence-corrected chi connectivity index (χ3v) is 4.47. The number of methoxy groups -OCH3 is 2. The number of nitrogens with zero attached hydrogens (tertiary/aromatic N) is 1. The zero-order chi connectivity index (χ0) is 20.0. The molecule has 0 radical (unpaired) electrons. The summed E-state index contributed by atoms with van der Waals surface area (Å²) in [7, 11) is 2.80. The molecule has 27 heavy (non-hydrogen) atoms. The first-order valence-electron chi connectivity index (χ1n) is 8.74. The fourth-order valence-corrected chi connectivity index (χ4v) is 3.04. The lowest BCUT2D eigenvalue weighted by molar-refractivity contribution is -0.140. The van der Waals surface area contributed by atoms with E-state index in [1.807, 2.05) is 0 Å². The van der Waals surface area contributed by atoms with Crippen LogP contribution < -0.4 is 15.2 Å². The number of benzene rings is 1. The van der Waals surface area contributed by atoms with E-state index in [0.717, 1.165) is 6.42 Å². The molecule has 0 bridgehead atoms. The standard InChI is InChI=1S/C19H26N2O6/c1-12(22)15-6-4-8-21(15)19(24)13-10-16(25-2)17(11-14(13)20)27-9-5-7-18(23)26-3/h10-11,15,22H,1,4-9,20H2,2-3H3/t15-/m0/s1. The van der Waals surface area contributed by atoms with Crippen LogP contribution in [0.2, 0.25) is 0 Å². The summed E-state index contributed by atoms with van der Waals surface area (Å²) in [6, 6.07) is 2.66. The van der Waals surface area contributed by atoms with Crippen LogP contribution in [-0.4, -0.2) is 55.3 Å². The number of rotatable bonds is 8. The Morgan fingerprint density at radius 2 is 2.07 bits per heavy atom. The van der Waals surface area contributed by atoms with Gasteiger partial charge in [0.2, 0.25) is 0 Å². The Kier molecular flexibility index (Phi) is 6.92. The quantitative estimate of drug-likeness (QED) is 0.309. The second-order valence-corrected chi connectivity index (χ2v) is 6.27. The molecule has 1 aromatic rings. The molecule has 8 heteroatoms. The number of aliphatic hydroxyl groups is 1. The van der Waals surface area contributed by atoms with Gasteiger partial charge in [0.25, 0.3) is 5.91 Å². The fraction of sp³-hybridized carbons (Fsp3) is 0.474. The van der Waals surface area contributed by atoms with E-state index in [1.165, 1.54) is 26.4 Å². The molecule has 0 aromatic heterocycles. The summed E-state index contributed by atoms with van der Waals surface area (Å²) in [5, 5.41) is 9.71. The number of esters is 1. The summed E-state index contributed by atoms with van der Waals surface area (Å²) >= 11 is 0. The zero-order valence-electron chi connectivity index (χ0n) is 15.7. The molecule has 8 nitrogen and oxygen atoms in total. The first-order valence-corrected chi connectivity index (χ1v) is 8.74. The number of nitrogens with two attached hydrogens (primary N) is 1. The number of anilines is 1. The molecule has 1 saturated heterocycles. The zero-order valence-corrected chi connectivity index (χ0v) is 15.7. The predicted molar refractivity (Wildman–Crippen MR) is 100.0 cm³/mol. The molecule has 1 heterocycles. The molecule has 0 unspecified atom stereocenters. The van der Waals surface area contributed by atoms with Crippen molar-refractivity contribution in [2.24, 2.45) is 0 Å². The Morgan fingerprint density at radius 3 is 2.70 bits per heavy atom. The molecule has 0 aliphatic carbocycles. The molecule has 0 spiro atoms. The average molecular weight is 378 g/mol. The Bertz CT molecular complexity index is 718. The molecule has 1 aliphatic heterocycles. The normalized spacial score (nSPS) is 16.1. The van der Waals surface area contributed by atoms with Crippen molar-refractivity contribution >= 4 is 17.6 Å². The van der Waals surface area contributed by atoms with Crippen molar-refractivity contribution in [1.82, 2.24) is 4.90 Å². The Hall–Kier alpha value is -2.90. The summed E-state index contributed by atoms with van der Waals surface area (Å²) in [5.41, 5.74) is 6.59. The maximum Gasteiger partial charge on any atom is 0.305 e. The average Bonchev–Trinajstić information content (AvgIpc) is 3.14. The van der Waals surface area contributed by atoms with Gasteiger partial charge in [0.1, 0.15) is 5.76 Å². The van der Waals surface area contributed by atoms with Crippen LogP contribution in [0.15, 0.2) is 24.5 Å². The fourth-order valence-electron chi connectivity index (χ4n) is 3.04. The summed E-state index contributed by atoms with van der Waals surface area (Å²) in [5.74, 6) is 0.125. The highest BCUT2D eigenvalue weighted by Crippen LogP contribution is 2.34. The number of amides is 1. The molecule has 3 N–H and O–H groups in total. The highest BCUT2D eigenvalue weighted by atomic mass is 16.5. The summed E-state index contributed by atoms with van der Waals surface area (Å²) in [4.78, 5) is 25.6. The van der Waals surface area contributed by atoms with Gasteiger partial charge in [-0.2, -0.15) is 0 Å². The van der Waals surface area contributed by atoms with Gasteiger partial charge in [-0.1, -0.05) is 6.58 Å². The predicted octanol–water partition coefficient (Wildman–Crippen LogP) is 2.29. The molecule has 1 aliphatic rings. The van der Waals surface area contributed by atoms with Crippen molar-refractivity contribution < 1.29 is 28.9 Å². The van der Waals surface area contributed by atoms with Crippen molar-refractivity contribution in [3.05, 3.63) is 30.0 Å². The number of carbonyl (C=O) groups excluding carboxylic acids is 2. The van der Waals surface area contributed by atoms with E-state index in [4.69, 9.17) is 15.2 Å². The van der Waals surface area contributed by atoms with Gasteiger partial charge in [0.15, 0.2) is 11.5 Å². The molecule has 1 amide bonds. The number of hydrogen-bond acceptors (Lipinski definition) is 7. The number of aliphatic hydroxyl groups excluding tert-OH is 1. The van der Waals surface area contributed by atoms with Crippen LogP contribution in [-0.2, 0) is 9.53 Å². The lowest BCUT2D eigenvalue weighted by atomic mass is 10.1. The van der Waals surface area contributed by atoms with Crippen molar-refractivity contribution in [1.29, 1.82) is 0 Å². The van der Waals surface area contributed by atoms with Gasteiger partial charge in [-0.05, 0) is 25.3 Å². The minimum atomic E-state index is -0.405. The molecule has 2 rings (SSSR count).